The second-order valence-electron chi connectivity index (χ2n) is 5.88. The van der Waals surface area contributed by atoms with Gasteiger partial charge in [0.1, 0.15) is 0 Å². The second-order valence-corrected chi connectivity index (χ2v) is 6.31. The number of nitrogens with zero attached hydrogens (tertiary/aromatic N) is 1. The largest absolute Gasteiger partial charge is 0.299 e. The molecule has 1 aliphatic rings. The van der Waals surface area contributed by atoms with Gasteiger partial charge in [-0.2, -0.15) is 0 Å². The third-order valence-corrected chi connectivity index (χ3v) is 4.54. The minimum atomic E-state index is 0.808. The molecular weight excluding hydrogens is 290 g/mol. The average Bonchev–Trinajstić information content (AvgIpc) is 2.57. The number of hydrogen-bond acceptors (Lipinski definition) is 1. The number of hydrogen-bond donors (Lipinski definition) is 0. The Hall–Kier alpha value is -1.57. The lowest BCUT2D eigenvalue weighted by molar-refractivity contribution is 0.298. The number of aryl methyl sites for hydroxylation is 1. The molecule has 0 saturated carbocycles. The van der Waals surface area contributed by atoms with E-state index < -0.39 is 0 Å². The van der Waals surface area contributed by atoms with Crippen LogP contribution in [0, 0.1) is 0 Å². The smallest absolute Gasteiger partial charge is 0.0406 e. The quantitative estimate of drug-likeness (QED) is 0.746. The van der Waals surface area contributed by atoms with Gasteiger partial charge in [-0.3, -0.25) is 4.90 Å². The Labute approximate surface area is 138 Å². The van der Waals surface area contributed by atoms with Crippen molar-refractivity contribution in [3.63, 3.8) is 0 Å². The van der Waals surface area contributed by atoms with Gasteiger partial charge in [-0.05, 0) is 54.6 Å². The van der Waals surface area contributed by atoms with Crippen molar-refractivity contribution in [1.29, 1.82) is 0 Å². The van der Waals surface area contributed by atoms with E-state index in [1.165, 1.54) is 36.1 Å². The molecule has 0 amide bonds. The van der Waals surface area contributed by atoms with Crippen LogP contribution in [0.1, 0.15) is 24.0 Å². The van der Waals surface area contributed by atoms with Gasteiger partial charge in [0.15, 0.2) is 0 Å². The summed E-state index contributed by atoms with van der Waals surface area (Å²) in [5.41, 5.74) is 4.21. The van der Waals surface area contributed by atoms with Gasteiger partial charge < -0.3 is 0 Å². The zero-order valence-electron chi connectivity index (χ0n) is 12.8. The van der Waals surface area contributed by atoms with Crippen LogP contribution in [-0.2, 0) is 6.42 Å². The Morgan fingerprint density at radius 2 is 1.73 bits per heavy atom. The predicted octanol–water partition coefficient (Wildman–Crippen LogP) is 5.06. The van der Waals surface area contributed by atoms with E-state index in [0.717, 1.165) is 24.5 Å². The molecule has 2 aromatic carbocycles. The van der Waals surface area contributed by atoms with Crippen molar-refractivity contribution >= 4 is 17.2 Å². The molecule has 0 atom stereocenters. The summed E-state index contributed by atoms with van der Waals surface area (Å²) in [6, 6.07) is 19.0. The number of halogens is 1. The SMILES string of the molecule is Clc1ccc(C2=CCN(CCCc3ccccc3)CC2)cc1. The maximum atomic E-state index is 5.95. The molecule has 1 nitrogen and oxygen atoms in total. The molecule has 0 unspecified atom stereocenters. The molecule has 0 aliphatic carbocycles. The van der Waals surface area contributed by atoms with Gasteiger partial charge in [0, 0.05) is 18.1 Å². The highest BCUT2D eigenvalue weighted by molar-refractivity contribution is 6.30. The first-order chi connectivity index (χ1) is 10.8. The molecule has 0 aromatic heterocycles. The monoisotopic (exact) mass is 311 g/mol. The first-order valence-electron chi connectivity index (χ1n) is 8.02. The van der Waals surface area contributed by atoms with Crippen molar-refractivity contribution in [2.24, 2.45) is 0 Å². The lowest BCUT2D eigenvalue weighted by atomic mass is 9.99. The highest BCUT2D eigenvalue weighted by Gasteiger charge is 2.12. The van der Waals surface area contributed by atoms with Gasteiger partial charge in [0.05, 0.1) is 0 Å². The van der Waals surface area contributed by atoms with Crippen molar-refractivity contribution in [2.45, 2.75) is 19.3 Å². The Morgan fingerprint density at radius 1 is 0.955 bits per heavy atom. The molecule has 0 fully saturated rings. The van der Waals surface area contributed by atoms with Crippen molar-refractivity contribution in [3.8, 4) is 0 Å². The third-order valence-electron chi connectivity index (χ3n) is 4.29. The predicted molar refractivity (Wildman–Crippen MR) is 95.2 cm³/mol. The summed E-state index contributed by atoms with van der Waals surface area (Å²) in [7, 11) is 0. The van der Waals surface area contributed by atoms with Crippen LogP contribution in [-0.4, -0.2) is 24.5 Å². The summed E-state index contributed by atoms with van der Waals surface area (Å²) < 4.78 is 0. The topological polar surface area (TPSA) is 3.24 Å². The van der Waals surface area contributed by atoms with Crippen LogP contribution in [0.5, 0.6) is 0 Å². The molecule has 1 aliphatic heterocycles. The van der Waals surface area contributed by atoms with Gasteiger partial charge in [0.25, 0.3) is 0 Å². The van der Waals surface area contributed by atoms with Gasteiger partial charge in [-0.25, -0.2) is 0 Å². The third kappa shape index (κ3) is 4.22. The minimum Gasteiger partial charge on any atom is -0.299 e. The standard InChI is InChI=1S/C20H22ClN/c21-20-10-8-18(9-11-20)19-12-15-22(16-13-19)14-4-7-17-5-2-1-3-6-17/h1-3,5-6,8-12H,4,7,13-16H2. The van der Waals surface area contributed by atoms with Crippen LogP contribution in [0.3, 0.4) is 0 Å². The highest BCUT2D eigenvalue weighted by Crippen LogP contribution is 2.23. The van der Waals surface area contributed by atoms with E-state index in [0.29, 0.717) is 0 Å². The summed E-state index contributed by atoms with van der Waals surface area (Å²) in [6.45, 7) is 3.40. The molecule has 0 N–H and O–H groups in total. The molecule has 0 spiro atoms. The fourth-order valence-corrected chi connectivity index (χ4v) is 3.12. The lowest BCUT2D eigenvalue weighted by Crippen LogP contribution is -2.29. The molecule has 2 heteroatoms. The zero-order valence-corrected chi connectivity index (χ0v) is 13.6. The van der Waals surface area contributed by atoms with Gasteiger partial charge in [-0.15, -0.1) is 0 Å². The summed E-state index contributed by atoms with van der Waals surface area (Å²) in [5, 5.41) is 0.808. The van der Waals surface area contributed by atoms with Crippen molar-refractivity contribution in [1.82, 2.24) is 4.90 Å². The van der Waals surface area contributed by atoms with E-state index in [2.05, 4.69) is 53.4 Å². The summed E-state index contributed by atoms with van der Waals surface area (Å²) in [4.78, 5) is 2.54. The maximum Gasteiger partial charge on any atom is 0.0406 e. The first-order valence-corrected chi connectivity index (χ1v) is 8.40. The molecule has 1 heterocycles. The molecule has 3 rings (SSSR count). The molecule has 114 valence electrons. The van der Waals surface area contributed by atoms with Crippen molar-refractivity contribution in [3.05, 3.63) is 76.8 Å². The molecular formula is C20H22ClN. The molecule has 2 aromatic rings. The van der Waals surface area contributed by atoms with Crippen molar-refractivity contribution in [2.75, 3.05) is 19.6 Å². The van der Waals surface area contributed by atoms with Crippen LogP contribution in [0.15, 0.2) is 60.7 Å². The van der Waals surface area contributed by atoms with E-state index in [1.807, 2.05) is 12.1 Å². The van der Waals surface area contributed by atoms with Gasteiger partial charge in [-0.1, -0.05) is 60.1 Å². The summed E-state index contributed by atoms with van der Waals surface area (Å²) in [5.74, 6) is 0. The Morgan fingerprint density at radius 3 is 2.41 bits per heavy atom. The van der Waals surface area contributed by atoms with E-state index in [-0.39, 0.29) is 0 Å². The van der Waals surface area contributed by atoms with E-state index in [4.69, 9.17) is 11.6 Å². The Kier molecular flexibility index (Phi) is 5.31. The molecule has 0 radical (unpaired) electrons. The van der Waals surface area contributed by atoms with Crippen LogP contribution >= 0.6 is 11.6 Å². The van der Waals surface area contributed by atoms with Crippen molar-refractivity contribution < 1.29 is 0 Å². The van der Waals surface area contributed by atoms with Crippen LogP contribution < -0.4 is 0 Å². The fraction of sp³-hybridized carbons (Fsp3) is 0.300. The zero-order chi connectivity index (χ0) is 15.2. The second kappa shape index (κ2) is 7.62. The first kappa shape index (κ1) is 15.3. The summed E-state index contributed by atoms with van der Waals surface area (Å²) in [6.07, 6.45) is 5.90. The molecule has 0 saturated heterocycles. The van der Waals surface area contributed by atoms with E-state index >= 15 is 0 Å². The van der Waals surface area contributed by atoms with Gasteiger partial charge >= 0.3 is 0 Å². The van der Waals surface area contributed by atoms with E-state index in [1.54, 1.807) is 0 Å². The van der Waals surface area contributed by atoms with Crippen LogP contribution in [0.25, 0.3) is 5.57 Å². The Bertz CT molecular complexity index is 616. The van der Waals surface area contributed by atoms with E-state index in [9.17, 15) is 0 Å². The van der Waals surface area contributed by atoms with Crippen LogP contribution in [0.2, 0.25) is 5.02 Å². The molecule has 0 bridgehead atoms. The fourth-order valence-electron chi connectivity index (χ4n) is 2.99. The number of benzene rings is 2. The highest BCUT2D eigenvalue weighted by atomic mass is 35.5. The normalized spacial score (nSPS) is 15.6. The number of rotatable bonds is 5. The lowest BCUT2D eigenvalue weighted by Gasteiger charge is -2.26. The maximum absolute atomic E-state index is 5.95. The summed E-state index contributed by atoms with van der Waals surface area (Å²) >= 11 is 5.95. The average molecular weight is 312 g/mol. The minimum absolute atomic E-state index is 0.808. The molecule has 22 heavy (non-hydrogen) atoms. The van der Waals surface area contributed by atoms with Crippen LogP contribution in [0.4, 0.5) is 0 Å². The Balaban J connectivity index is 1.47. The van der Waals surface area contributed by atoms with Gasteiger partial charge in [0.2, 0.25) is 0 Å².